The number of hydrogen-bond acceptors (Lipinski definition) is 5. The van der Waals surface area contributed by atoms with Gasteiger partial charge in [-0.2, -0.15) is 22.1 Å². The van der Waals surface area contributed by atoms with Gasteiger partial charge in [0.1, 0.15) is 17.7 Å². The van der Waals surface area contributed by atoms with Gasteiger partial charge in [-0.1, -0.05) is 13.8 Å². The predicted octanol–water partition coefficient (Wildman–Crippen LogP) is 2.14. The van der Waals surface area contributed by atoms with Crippen molar-refractivity contribution in [1.29, 1.82) is 0 Å². The first-order valence-electron chi connectivity index (χ1n) is 10.1. The number of ether oxygens (including phenoxy) is 2. The van der Waals surface area contributed by atoms with Crippen molar-refractivity contribution >= 4 is 10.2 Å². The van der Waals surface area contributed by atoms with Crippen LogP contribution in [0.1, 0.15) is 31.3 Å². The highest BCUT2D eigenvalue weighted by molar-refractivity contribution is 7.86. The van der Waals surface area contributed by atoms with Crippen molar-refractivity contribution in [2.24, 2.45) is 7.05 Å². The van der Waals surface area contributed by atoms with Gasteiger partial charge in [-0.05, 0) is 30.3 Å². The molecule has 1 aliphatic rings. The van der Waals surface area contributed by atoms with Crippen molar-refractivity contribution in [3.63, 3.8) is 0 Å². The summed E-state index contributed by atoms with van der Waals surface area (Å²) in [6, 6.07) is 7.81. The number of nitrogens with zero attached hydrogens (tertiary/aromatic N) is 4. The van der Waals surface area contributed by atoms with E-state index in [9.17, 15) is 12.8 Å². The summed E-state index contributed by atoms with van der Waals surface area (Å²) in [7, 11) is -1.67. The highest BCUT2D eigenvalue weighted by Gasteiger charge is 2.34. The molecule has 1 aromatic carbocycles. The van der Waals surface area contributed by atoms with Crippen molar-refractivity contribution in [3.8, 4) is 5.75 Å². The third-order valence-corrected chi connectivity index (χ3v) is 7.31. The normalized spacial score (nSPS) is 18.1. The Bertz CT molecular complexity index is 929. The van der Waals surface area contributed by atoms with Crippen LogP contribution >= 0.6 is 0 Å². The number of rotatable bonds is 9. The minimum absolute atomic E-state index is 0.237. The molecule has 0 aliphatic carbocycles. The van der Waals surface area contributed by atoms with E-state index in [1.165, 1.54) is 20.7 Å². The van der Waals surface area contributed by atoms with Crippen molar-refractivity contribution < 1.29 is 22.3 Å². The average Bonchev–Trinajstić information content (AvgIpc) is 3.11. The molecule has 1 fully saturated rings. The highest BCUT2D eigenvalue weighted by Crippen LogP contribution is 2.25. The van der Waals surface area contributed by atoms with E-state index in [4.69, 9.17) is 9.47 Å². The average molecular weight is 441 g/mol. The summed E-state index contributed by atoms with van der Waals surface area (Å²) in [6.45, 7) is 5.84. The van der Waals surface area contributed by atoms with Gasteiger partial charge >= 0.3 is 0 Å². The number of halogens is 1. The standard InChI is InChI=1S/C20H29FN4O4S/c1-4-24(5-2)30(26,27)25-11-13-29-20(15-25)19-14-17(23(3)22-19)10-12-28-18-8-6-16(21)7-9-18/h6-9,14,20H,4-5,10-13,15H2,1-3H3/t20-/m0/s1. The lowest BCUT2D eigenvalue weighted by atomic mass is 10.2. The van der Waals surface area contributed by atoms with Crippen molar-refractivity contribution in [2.75, 3.05) is 39.4 Å². The molecule has 0 bridgehead atoms. The Labute approximate surface area is 177 Å². The van der Waals surface area contributed by atoms with Crippen LogP contribution in [0.5, 0.6) is 5.75 Å². The third-order valence-electron chi connectivity index (χ3n) is 5.15. The van der Waals surface area contributed by atoms with Gasteiger partial charge < -0.3 is 9.47 Å². The Balaban J connectivity index is 1.63. The van der Waals surface area contributed by atoms with E-state index in [1.807, 2.05) is 27.0 Å². The maximum Gasteiger partial charge on any atom is 0.282 e. The molecular formula is C20H29FN4O4S. The molecular weight excluding hydrogens is 411 g/mol. The van der Waals surface area contributed by atoms with Gasteiger partial charge in [0.15, 0.2) is 0 Å². The van der Waals surface area contributed by atoms with E-state index in [2.05, 4.69) is 5.10 Å². The Morgan fingerprint density at radius 1 is 1.27 bits per heavy atom. The molecule has 1 aromatic heterocycles. The molecule has 30 heavy (non-hydrogen) atoms. The second kappa shape index (κ2) is 9.86. The van der Waals surface area contributed by atoms with E-state index in [-0.39, 0.29) is 12.4 Å². The van der Waals surface area contributed by atoms with Gasteiger partial charge in [-0.3, -0.25) is 4.68 Å². The zero-order chi connectivity index (χ0) is 21.7. The number of hydrogen-bond donors (Lipinski definition) is 0. The van der Waals surface area contributed by atoms with Crippen LogP contribution in [0.2, 0.25) is 0 Å². The first-order chi connectivity index (χ1) is 14.3. The van der Waals surface area contributed by atoms with E-state index in [0.29, 0.717) is 50.7 Å². The summed E-state index contributed by atoms with van der Waals surface area (Å²) in [5, 5.41) is 4.52. The molecule has 2 heterocycles. The fourth-order valence-electron chi connectivity index (χ4n) is 3.45. The Kier molecular flexibility index (Phi) is 7.45. The van der Waals surface area contributed by atoms with E-state index in [1.54, 1.807) is 16.8 Å². The molecule has 1 saturated heterocycles. The molecule has 0 radical (unpaired) electrons. The minimum Gasteiger partial charge on any atom is -0.493 e. The van der Waals surface area contributed by atoms with Gasteiger partial charge in [-0.15, -0.1) is 0 Å². The molecule has 3 rings (SSSR count). The summed E-state index contributed by atoms with van der Waals surface area (Å²) in [4.78, 5) is 0. The minimum atomic E-state index is -3.51. The molecule has 1 atom stereocenters. The lowest BCUT2D eigenvalue weighted by Crippen LogP contribution is -2.49. The van der Waals surface area contributed by atoms with Crippen LogP contribution in [0.25, 0.3) is 0 Å². The van der Waals surface area contributed by atoms with Crippen LogP contribution < -0.4 is 4.74 Å². The van der Waals surface area contributed by atoms with Gasteiger partial charge in [0.2, 0.25) is 0 Å². The molecule has 8 nitrogen and oxygen atoms in total. The van der Waals surface area contributed by atoms with Gasteiger partial charge in [-0.25, -0.2) is 4.39 Å². The molecule has 10 heteroatoms. The Hall–Kier alpha value is -2.01. The second-order valence-corrected chi connectivity index (χ2v) is 8.97. The van der Waals surface area contributed by atoms with E-state index < -0.39 is 16.3 Å². The van der Waals surface area contributed by atoms with Crippen LogP contribution in [0, 0.1) is 5.82 Å². The predicted molar refractivity (Wildman–Crippen MR) is 111 cm³/mol. The highest BCUT2D eigenvalue weighted by atomic mass is 32.2. The lowest BCUT2D eigenvalue weighted by Gasteiger charge is -2.34. The Morgan fingerprint density at radius 2 is 1.97 bits per heavy atom. The topological polar surface area (TPSA) is 76.9 Å². The molecule has 0 amide bonds. The van der Waals surface area contributed by atoms with Gasteiger partial charge in [0.05, 0.1) is 18.9 Å². The van der Waals surface area contributed by atoms with Crippen LogP contribution in [-0.2, 0) is 28.4 Å². The van der Waals surface area contributed by atoms with Crippen LogP contribution in [0.4, 0.5) is 4.39 Å². The number of benzene rings is 1. The quantitative estimate of drug-likeness (QED) is 0.597. The Morgan fingerprint density at radius 3 is 2.63 bits per heavy atom. The molecule has 0 spiro atoms. The van der Waals surface area contributed by atoms with E-state index >= 15 is 0 Å². The first kappa shape index (κ1) is 22.7. The van der Waals surface area contributed by atoms with Gasteiger partial charge in [0, 0.05) is 45.3 Å². The van der Waals surface area contributed by atoms with Crippen LogP contribution in [0.15, 0.2) is 30.3 Å². The van der Waals surface area contributed by atoms with Crippen molar-refractivity contribution in [1.82, 2.24) is 18.4 Å². The first-order valence-corrected chi connectivity index (χ1v) is 11.5. The molecule has 1 aliphatic heterocycles. The maximum absolute atomic E-state index is 13.0. The molecule has 0 saturated carbocycles. The monoisotopic (exact) mass is 440 g/mol. The smallest absolute Gasteiger partial charge is 0.282 e. The summed E-state index contributed by atoms with van der Waals surface area (Å²) < 4.78 is 54.8. The second-order valence-electron chi connectivity index (χ2n) is 7.05. The molecule has 0 unspecified atom stereocenters. The largest absolute Gasteiger partial charge is 0.493 e. The van der Waals surface area contributed by atoms with Crippen LogP contribution in [0.3, 0.4) is 0 Å². The summed E-state index contributed by atoms with van der Waals surface area (Å²) in [5.41, 5.74) is 1.65. The summed E-state index contributed by atoms with van der Waals surface area (Å²) in [6.07, 6.45) is 0.191. The van der Waals surface area contributed by atoms with Crippen molar-refractivity contribution in [3.05, 3.63) is 47.5 Å². The molecule has 2 aromatic rings. The molecule has 166 valence electrons. The maximum atomic E-state index is 13.0. The fourth-order valence-corrected chi connectivity index (χ4v) is 5.06. The summed E-state index contributed by atoms with van der Waals surface area (Å²) in [5.74, 6) is 0.301. The SMILES string of the molecule is CCN(CC)S(=O)(=O)N1CCO[C@H](c2cc(CCOc3ccc(F)cc3)n(C)n2)C1. The number of aromatic nitrogens is 2. The zero-order valence-corrected chi connectivity index (χ0v) is 18.4. The van der Waals surface area contributed by atoms with Gasteiger partial charge in [0.25, 0.3) is 10.2 Å². The molecule has 0 N–H and O–H groups in total. The van der Waals surface area contributed by atoms with E-state index in [0.717, 1.165) is 5.69 Å². The number of morpholine rings is 1. The zero-order valence-electron chi connectivity index (χ0n) is 17.6. The third kappa shape index (κ3) is 5.18. The summed E-state index contributed by atoms with van der Waals surface area (Å²) >= 11 is 0. The van der Waals surface area contributed by atoms with Crippen molar-refractivity contribution in [2.45, 2.75) is 26.4 Å². The fraction of sp³-hybridized carbons (Fsp3) is 0.550. The van der Waals surface area contributed by atoms with Crippen LogP contribution in [-0.4, -0.2) is 66.2 Å². The lowest BCUT2D eigenvalue weighted by molar-refractivity contribution is -0.00684. The number of aryl methyl sites for hydroxylation is 1.